The third-order valence-corrected chi connectivity index (χ3v) is 2.61. The Hall–Kier alpha value is -1.42. The van der Waals surface area contributed by atoms with Gasteiger partial charge in [0, 0.05) is 19.0 Å². The molecule has 0 aromatic carbocycles. The first-order valence-electron chi connectivity index (χ1n) is 5.08. The number of nitrogens with zero attached hydrogens (tertiary/aromatic N) is 1. The molecule has 1 saturated heterocycles. The Balaban J connectivity index is 2.29. The third-order valence-electron chi connectivity index (χ3n) is 2.61. The highest BCUT2D eigenvalue weighted by atomic mass is 16.5. The lowest BCUT2D eigenvalue weighted by Gasteiger charge is -2.23. The molecule has 1 unspecified atom stereocenters. The zero-order valence-corrected chi connectivity index (χ0v) is 8.35. The van der Waals surface area contributed by atoms with Crippen LogP contribution in [0.4, 0.5) is 0 Å². The van der Waals surface area contributed by atoms with Crippen LogP contribution in [0.25, 0.3) is 0 Å². The maximum Gasteiger partial charge on any atom is 0.337 e. The Bertz CT molecular complexity index is 359. The molecule has 4 nitrogen and oxygen atoms in total. The monoisotopic (exact) mass is 207 g/mol. The second kappa shape index (κ2) is 4.40. The summed E-state index contributed by atoms with van der Waals surface area (Å²) in [6.07, 6.45) is 5.96. The lowest BCUT2D eigenvalue weighted by molar-refractivity contribution is 0.0138. The number of carboxylic acids is 1. The molecule has 1 aliphatic rings. The van der Waals surface area contributed by atoms with Gasteiger partial charge in [0.05, 0.1) is 11.7 Å². The summed E-state index contributed by atoms with van der Waals surface area (Å²) in [5.41, 5.74) is 1.00. The molecule has 0 spiro atoms. The minimum absolute atomic E-state index is 0.0761. The molecule has 0 amide bonds. The van der Waals surface area contributed by atoms with E-state index in [2.05, 4.69) is 4.98 Å². The van der Waals surface area contributed by atoms with Gasteiger partial charge in [0.2, 0.25) is 0 Å². The molecule has 15 heavy (non-hydrogen) atoms. The predicted octanol–water partition coefficient (Wildman–Crippen LogP) is 2.02. The van der Waals surface area contributed by atoms with E-state index in [1.807, 2.05) is 0 Å². The molecule has 1 aromatic heterocycles. The van der Waals surface area contributed by atoms with Crippen LogP contribution in [0.1, 0.15) is 41.3 Å². The number of carboxylic acid groups (broad SMARTS) is 1. The van der Waals surface area contributed by atoms with Gasteiger partial charge in [-0.05, 0) is 30.9 Å². The van der Waals surface area contributed by atoms with Crippen LogP contribution in [0.2, 0.25) is 0 Å². The van der Waals surface area contributed by atoms with Gasteiger partial charge in [-0.1, -0.05) is 0 Å². The van der Waals surface area contributed by atoms with E-state index in [1.54, 1.807) is 12.3 Å². The Labute approximate surface area is 87.9 Å². The summed E-state index contributed by atoms with van der Waals surface area (Å²) in [6.45, 7) is 0.714. The van der Waals surface area contributed by atoms with Crippen molar-refractivity contribution in [2.45, 2.75) is 25.4 Å². The van der Waals surface area contributed by atoms with Gasteiger partial charge in [0.25, 0.3) is 0 Å². The van der Waals surface area contributed by atoms with Crippen LogP contribution in [0.15, 0.2) is 18.5 Å². The minimum Gasteiger partial charge on any atom is -0.478 e. The van der Waals surface area contributed by atoms with E-state index in [1.165, 1.54) is 6.20 Å². The second-order valence-corrected chi connectivity index (χ2v) is 3.62. The second-order valence-electron chi connectivity index (χ2n) is 3.62. The van der Waals surface area contributed by atoms with Crippen LogP contribution in [0.3, 0.4) is 0 Å². The number of aromatic carboxylic acids is 1. The highest BCUT2D eigenvalue weighted by Crippen LogP contribution is 2.29. The number of carbonyl (C=O) groups is 1. The zero-order chi connectivity index (χ0) is 10.7. The normalized spacial score (nSPS) is 21.2. The summed E-state index contributed by atoms with van der Waals surface area (Å²) >= 11 is 0. The average Bonchev–Trinajstić information content (AvgIpc) is 2.30. The zero-order valence-electron chi connectivity index (χ0n) is 8.35. The lowest BCUT2D eigenvalue weighted by Crippen LogP contribution is -2.15. The Morgan fingerprint density at radius 3 is 3.07 bits per heavy atom. The number of rotatable bonds is 2. The van der Waals surface area contributed by atoms with Crippen LogP contribution in [0.5, 0.6) is 0 Å². The lowest BCUT2D eigenvalue weighted by atomic mass is 9.98. The first-order valence-corrected chi connectivity index (χ1v) is 5.08. The van der Waals surface area contributed by atoms with E-state index in [0.29, 0.717) is 6.61 Å². The summed E-state index contributed by atoms with van der Waals surface area (Å²) in [7, 11) is 0. The van der Waals surface area contributed by atoms with Gasteiger partial charge in [0.15, 0.2) is 0 Å². The fourth-order valence-electron chi connectivity index (χ4n) is 1.85. The summed E-state index contributed by atoms with van der Waals surface area (Å²) in [5.74, 6) is -0.938. The van der Waals surface area contributed by atoms with Crippen LogP contribution in [0, 0.1) is 0 Å². The minimum atomic E-state index is -0.938. The fourth-order valence-corrected chi connectivity index (χ4v) is 1.85. The molecule has 1 N–H and O–H groups in total. The first-order chi connectivity index (χ1) is 7.29. The molecular formula is C11H13NO3. The Kier molecular flexibility index (Phi) is 2.97. The molecule has 1 aliphatic heterocycles. The van der Waals surface area contributed by atoms with Crippen LogP contribution >= 0.6 is 0 Å². The number of pyridine rings is 1. The molecule has 1 fully saturated rings. The van der Waals surface area contributed by atoms with E-state index < -0.39 is 5.97 Å². The fraction of sp³-hybridized carbons (Fsp3) is 0.455. The number of hydrogen-bond acceptors (Lipinski definition) is 3. The van der Waals surface area contributed by atoms with E-state index in [4.69, 9.17) is 9.84 Å². The van der Waals surface area contributed by atoms with Crippen molar-refractivity contribution in [2.24, 2.45) is 0 Å². The van der Waals surface area contributed by atoms with Crippen LogP contribution in [-0.4, -0.2) is 22.7 Å². The van der Waals surface area contributed by atoms with Crippen molar-refractivity contribution < 1.29 is 14.6 Å². The van der Waals surface area contributed by atoms with E-state index in [0.717, 1.165) is 24.8 Å². The first kappa shape index (κ1) is 10.1. The molecule has 0 aliphatic carbocycles. The summed E-state index contributed by atoms with van der Waals surface area (Å²) in [4.78, 5) is 14.8. The molecule has 80 valence electrons. The van der Waals surface area contributed by atoms with Crippen molar-refractivity contribution in [3.8, 4) is 0 Å². The molecule has 0 bridgehead atoms. The summed E-state index contributed by atoms with van der Waals surface area (Å²) in [6, 6.07) is 1.74. The van der Waals surface area contributed by atoms with Gasteiger partial charge < -0.3 is 9.84 Å². The van der Waals surface area contributed by atoms with Gasteiger partial charge in [0.1, 0.15) is 0 Å². The number of ether oxygens (including phenoxy) is 1. The highest BCUT2D eigenvalue weighted by molar-refractivity contribution is 5.89. The molecule has 4 heteroatoms. The van der Waals surface area contributed by atoms with Gasteiger partial charge >= 0.3 is 5.97 Å². The van der Waals surface area contributed by atoms with Crippen molar-refractivity contribution >= 4 is 5.97 Å². The van der Waals surface area contributed by atoms with Crippen LogP contribution in [-0.2, 0) is 4.74 Å². The molecule has 1 atom stereocenters. The summed E-state index contributed by atoms with van der Waals surface area (Å²) < 4.78 is 5.56. The van der Waals surface area contributed by atoms with Gasteiger partial charge in [-0.25, -0.2) is 4.79 Å². The number of hydrogen-bond donors (Lipinski definition) is 1. The van der Waals surface area contributed by atoms with E-state index in [9.17, 15) is 4.79 Å². The SMILES string of the molecule is O=C(O)c1cnccc1C1CCCCO1. The van der Waals surface area contributed by atoms with Crippen molar-refractivity contribution in [3.05, 3.63) is 29.6 Å². The van der Waals surface area contributed by atoms with Crippen molar-refractivity contribution in [2.75, 3.05) is 6.61 Å². The smallest absolute Gasteiger partial charge is 0.337 e. The Morgan fingerprint density at radius 1 is 1.53 bits per heavy atom. The third kappa shape index (κ3) is 2.15. The molecule has 2 rings (SSSR count). The maximum atomic E-state index is 11.0. The quantitative estimate of drug-likeness (QED) is 0.806. The van der Waals surface area contributed by atoms with Gasteiger partial charge in [-0.15, -0.1) is 0 Å². The summed E-state index contributed by atoms with van der Waals surface area (Å²) in [5, 5.41) is 9.00. The highest BCUT2D eigenvalue weighted by Gasteiger charge is 2.21. The Morgan fingerprint density at radius 2 is 2.40 bits per heavy atom. The maximum absolute atomic E-state index is 11.0. The van der Waals surface area contributed by atoms with E-state index >= 15 is 0 Å². The molecule has 2 heterocycles. The van der Waals surface area contributed by atoms with Crippen LogP contribution < -0.4 is 0 Å². The topological polar surface area (TPSA) is 59.4 Å². The largest absolute Gasteiger partial charge is 0.478 e. The predicted molar refractivity (Wildman–Crippen MR) is 53.7 cm³/mol. The van der Waals surface area contributed by atoms with E-state index in [-0.39, 0.29) is 11.7 Å². The van der Waals surface area contributed by atoms with Crippen molar-refractivity contribution in [1.29, 1.82) is 0 Å². The van der Waals surface area contributed by atoms with Gasteiger partial charge in [-0.3, -0.25) is 4.98 Å². The van der Waals surface area contributed by atoms with Crippen molar-refractivity contribution in [1.82, 2.24) is 4.98 Å². The van der Waals surface area contributed by atoms with Gasteiger partial charge in [-0.2, -0.15) is 0 Å². The molecular weight excluding hydrogens is 194 g/mol. The molecule has 1 aromatic rings. The standard InChI is InChI=1S/C11H13NO3/c13-11(14)9-7-12-5-4-8(9)10-3-1-2-6-15-10/h4-5,7,10H,1-3,6H2,(H,13,14). The number of aromatic nitrogens is 1. The average molecular weight is 207 g/mol. The van der Waals surface area contributed by atoms with Crippen molar-refractivity contribution in [3.63, 3.8) is 0 Å². The molecule has 0 saturated carbocycles. The molecule has 0 radical (unpaired) electrons.